The molecule has 0 aliphatic heterocycles. The molecule has 0 amide bonds. The van der Waals surface area contributed by atoms with Crippen LogP contribution in [0.2, 0.25) is 0 Å². The zero-order valence-corrected chi connectivity index (χ0v) is 7.83. The number of pyridine rings is 1. The van der Waals surface area contributed by atoms with E-state index in [0.717, 1.165) is 0 Å². The first-order chi connectivity index (χ1) is 5.66. The Kier molecular flexibility index (Phi) is 2.65. The van der Waals surface area contributed by atoms with Crippen LogP contribution in [0.15, 0.2) is 16.7 Å². The van der Waals surface area contributed by atoms with Gasteiger partial charge in [-0.25, -0.2) is 9.78 Å². The van der Waals surface area contributed by atoms with Crippen molar-refractivity contribution in [3.05, 3.63) is 22.4 Å². The standard InChI is InChI=1S/C7H6BrNO3/c1-12-6-4(8)2-3-9-5(6)7(10)11/h2-3H,1H3,(H,10,11). The number of nitrogens with zero attached hydrogens (tertiary/aromatic N) is 1. The first kappa shape index (κ1) is 8.99. The number of carboxylic acid groups (broad SMARTS) is 1. The number of aromatic nitrogens is 1. The van der Waals surface area contributed by atoms with Crippen molar-refractivity contribution < 1.29 is 14.6 Å². The van der Waals surface area contributed by atoms with Gasteiger partial charge in [-0.15, -0.1) is 0 Å². The van der Waals surface area contributed by atoms with Crippen LogP contribution in [0.3, 0.4) is 0 Å². The first-order valence-corrected chi connectivity index (χ1v) is 3.88. The highest BCUT2D eigenvalue weighted by Gasteiger charge is 2.14. The topological polar surface area (TPSA) is 59.4 Å². The van der Waals surface area contributed by atoms with Gasteiger partial charge in [-0.3, -0.25) is 0 Å². The molecule has 0 aromatic carbocycles. The summed E-state index contributed by atoms with van der Waals surface area (Å²) in [5.41, 5.74) is -0.0909. The average Bonchev–Trinajstić information content (AvgIpc) is 2.03. The minimum Gasteiger partial charge on any atom is -0.493 e. The van der Waals surface area contributed by atoms with Crippen molar-refractivity contribution in [2.24, 2.45) is 0 Å². The van der Waals surface area contributed by atoms with Gasteiger partial charge < -0.3 is 9.84 Å². The molecule has 0 aliphatic rings. The van der Waals surface area contributed by atoms with E-state index in [0.29, 0.717) is 4.47 Å². The number of carboxylic acids is 1. The number of hydrogen-bond acceptors (Lipinski definition) is 3. The van der Waals surface area contributed by atoms with Crippen LogP contribution in [0.25, 0.3) is 0 Å². The Balaban J connectivity index is 3.27. The second-order valence-corrected chi connectivity index (χ2v) is 2.83. The average molecular weight is 232 g/mol. The summed E-state index contributed by atoms with van der Waals surface area (Å²) in [6.45, 7) is 0. The largest absolute Gasteiger partial charge is 0.493 e. The normalized spacial score (nSPS) is 9.50. The maximum Gasteiger partial charge on any atom is 0.358 e. The summed E-state index contributed by atoms with van der Waals surface area (Å²) in [7, 11) is 1.40. The molecule has 1 aromatic heterocycles. The van der Waals surface area contributed by atoms with Crippen molar-refractivity contribution in [3.8, 4) is 5.75 Å². The van der Waals surface area contributed by atoms with Gasteiger partial charge >= 0.3 is 5.97 Å². The van der Waals surface area contributed by atoms with E-state index in [1.807, 2.05) is 0 Å². The summed E-state index contributed by atoms with van der Waals surface area (Å²) in [5, 5.41) is 8.66. The Hall–Kier alpha value is -1.10. The van der Waals surface area contributed by atoms with Crippen LogP contribution in [-0.2, 0) is 0 Å². The summed E-state index contributed by atoms with van der Waals surface area (Å²) in [6.07, 6.45) is 1.40. The highest BCUT2D eigenvalue weighted by atomic mass is 79.9. The number of hydrogen-bond donors (Lipinski definition) is 1. The summed E-state index contributed by atoms with van der Waals surface area (Å²) in [4.78, 5) is 14.2. The Morgan fingerprint density at radius 1 is 1.75 bits per heavy atom. The number of aromatic carboxylic acids is 1. The molecule has 0 aliphatic carbocycles. The maximum atomic E-state index is 10.6. The molecule has 4 nitrogen and oxygen atoms in total. The molecule has 64 valence electrons. The Morgan fingerprint density at radius 2 is 2.42 bits per heavy atom. The molecule has 0 radical (unpaired) electrons. The summed E-state index contributed by atoms with van der Waals surface area (Å²) in [5.74, 6) is -0.863. The van der Waals surface area contributed by atoms with Crippen LogP contribution < -0.4 is 4.74 Å². The predicted octanol–water partition coefficient (Wildman–Crippen LogP) is 1.55. The van der Waals surface area contributed by atoms with E-state index in [-0.39, 0.29) is 11.4 Å². The lowest BCUT2D eigenvalue weighted by Crippen LogP contribution is -2.03. The van der Waals surface area contributed by atoms with Crippen molar-refractivity contribution >= 4 is 21.9 Å². The van der Waals surface area contributed by atoms with Crippen LogP contribution >= 0.6 is 15.9 Å². The van der Waals surface area contributed by atoms with E-state index in [1.54, 1.807) is 6.07 Å². The summed E-state index contributed by atoms with van der Waals surface area (Å²) in [6, 6.07) is 1.62. The fraction of sp³-hybridized carbons (Fsp3) is 0.143. The molecule has 1 aromatic rings. The van der Waals surface area contributed by atoms with E-state index in [9.17, 15) is 4.79 Å². The summed E-state index contributed by atoms with van der Waals surface area (Å²) >= 11 is 3.15. The Morgan fingerprint density at radius 3 is 2.83 bits per heavy atom. The number of halogens is 1. The van der Waals surface area contributed by atoms with Gasteiger partial charge in [-0.1, -0.05) is 0 Å². The zero-order valence-electron chi connectivity index (χ0n) is 6.24. The molecule has 1 rings (SSSR count). The number of carbonyl (C=O) groups is 1. The van der Waals surface area contributed by atoms with E-state index < -0.39 is 5.97 Å². The fourth-order valence-corrected chi connectivity index (χ4v) is 1.24. The number of ether oxygens (including phenoxy) is 1. The molecule has 0 saturated carbocycles. The lowest BCUT2D eigenvalue weighted by Gasteiger charge is -2.04. The number of rotatable bonds is 2. The van der Waals surface area contributed by atoms with Crippen LogP contribution in [0.5, 0.6) is 5.75 Å². The van der Waals surface area contributed by atoms with E-state index in [2.05, 4.69) is 20.9 Å². The van der Waals surface area contributed by atoms with Crippen LogP contribution in [0, 0.1) is 0 Å². The lowest BCUT2D eigenvalue weighted by molar-refractivity contribution is 0.0686. The Bertz CT molecular complexity index is 314. The van der Waals surface area contributed by atoms with Gasteiger partial charge in [0, 0.05) is 6.20 Å². The third-order valence-corrected chi connectivity index (χ3v) is 1.89. The number of methoxy groups -OCH3 is 1. The van der Waals surface area contributed by atoms with Gasteiger partial charge in [0.2, 0.25) is 0 Å². The van der Waals surface area contributed by atoms with E-state index in [1.165, 1.54) is 13.3 Å². The van der Waals surface area contributed by atoms with Crippen LogP contribution in [-0.4, -0.2) is 23.2 Å². The van der Waals surface area contributed by atoms with Crippen molar-refractivity contribution in [1.82, 2.24) is 4.98 Å². The molecule has 0 spiro atoms. The SMILES string of the molecule is COc1c(Br)ccnc1C(=O)O. The molecule has 0 fully saturated rings. The van der Waals surface area contributed by atoms with Crippen molar-refractivity contribution in [3.63, 3.8) is 0 Å². The highest BCUT2D eigenvalue weighted by Crippen LogP contribution is 2.26. The molecule has 5 heteroatoms. The van der Waals surface area contributed by atoms with Gasteiger partial charge in [0.05, 0.1) is 11.6 Å². The third-order valence-electron chi connectivity index (χ3n) is 1.26. The lowest BCUT2D eigenvalue weighted by atomic mass is 10.3. The molecule has 0 saturated heterocycles. The van der Waals surface area contributed by atoms with Gasteiger partial charge in [-0.05, 0) is 22.0 Å². The third kappa shape index (κ3) is 1.55. The molecule has 0 unspecified atom stereocenters. The maximum absolute atomic E-state index is 10.6. The second kappa shape index (κ2) is 3.53. The quantitative estimate of drug-likeness (QED) is 0.840. The second-order valence-electron chi connectivity index (χ2n) is 1.98. The van der Waals surface area contributed by atoms with E-state index in [4.69, 9.17) is 9.84 Å². The van der Waals surface area contributed by atoms with Crippen LogP contribution in [0.4, 0.5) is 0 Å². The molecule has 1 N–H and O–H groups in total. The first-order valence-electron chi connectivity index (χ1n) is 3.08. The Labute approximate surface area is 77.3 Å². The van der Waals surface area contributed by atoms with Crippen molar-refractivity contribution in [1.29, 1.82) is 0 Å². The molecular formula is C7H6BrNO3. The van der Waals surface area contributed by atoms with Gasteiger partial charge in [0.15, 0.2) is 11.4 Å². The summed E-state index contributed by atoms with van der Waals surface area (Å²) < 4.78 is 5.43. The molecule has 0 bridgehead atoms. The van der Waals surface area contributed by atoms with Crippen molar-refractivity contribution in [2.45, 2.75) is 0 Å². The van der Waals surface area contributed by atoms with E-state index >= 15 is 0 Å². The molecule has 12 heavy (non-hydrogen) atoms. The molecular weight excluding hydrogens is 226 g/mol. The fourth-order valence-electron chi connectivity index (χ4n) is 0.771. The van der Waals surface area contributed by atoms with Crippen molar-refractivity contribution in [2.75, 3.05) is 7.11 Å². The van der Waals surface area contributed by atoms with Gasteiger partial charge in [0.25, 0.3) is 0 Å². The highest BCUT2D eigenvalue weighted by molar-refractivity contribution is 9.10. The van der Waals surface area contributed by atoms with Gasteiger partial charge in [0.1, 0.15) is 0 Å². The van der Waals surface area contributed by atoms with Crippen LogP contribution in [0.1, 0.15) is 10.5 Å². The monoisotopic (exact) mass is 231 g/mol. The smallest absolute Gasteiger partial charge is 0.358 e. The van der Waals surface area contributed by atoms with Gasteiger partial charge in [-0.2, -0.15) is 0 Å². The minimum atomic E-state index is -1.10. The minimum absolute atomic E-state index is 0.0909. The molecule has 1 heterocycles. The zero-order chi connectivity index (χ0) is 9.14. The predicted molar refractivity (Wildman–Crippen MR) is 45.4 cm³/mol. The molecule has 0 atom stereocenters.